The monoisotopic (exact) mass is 414 g/mol. The van der Waals surface area contributed by atoms with E-state index in [0.29, 0.717) is 11.8 Å². The highest BCUT2D eigenvalue weighted by Gasteiger charge is 2.61. The third-order valence-electron chi connectivity index (χ3n) is 8.67. The molecule has 6 heteroatoms. The number of hydrogen-bond donors (Lipinski definition) is 0. The Morgan fingerprint density at radius 2 is 1.07 bits per heavy atom. The van der Waals surface area contributed by atoms with Gasteiger partial charge in [-0.1, -0.05) is 18.4 Å². The van der Waals surface area contributed by atoms with Crippen molar-refractivity contribution in [1.82, 2.24) is 0 Å². The first-order valence-corrected chi connectivity index (χ1v) is 11.8. The quantitative estimate of drug-likeness (QED) is 0.543. The highest BCUT2D eigenvalue weighted by molar-refractivity contribution is 6.64. The minimum absolute atomic E-state index is 0.341. The van der Waals surface area contributed by atoms with Crippen molar-refractivity contribution in [1.29, 1.82) is 0 Å². The maximum absolute atomic E-state index is 6.61. The van der Waals surface area contributed by atoms with Crippen LogP contribution in [0.2, 0.25) is 0 Å². The molecule has 0 N–H and O–H groups in total. The molecule has 166 valence electrons. The van der Waals surface area contributed by atoms with Gasteiger partial charge in [-0.25, -0.2) is 0 Å². The standard InChI is InChI=1S/C24H40B2O4/c1-15(2)18-16-13-11-12-14-17(16)19(25-27-21(3,4)22(5,6)28-25)20(18)26-29-23(7,8)24(9,10)30-26/h16-17H,11-14H2,1-10H3/t16-,17+/m1/s1. The molecule has 4 rings (SSSR count). The molecule has 0 unspecified atom stereocenters. The molecule has 0 spiro atoms. The summed E-state index contributed by atoms with van der Waals surface area (Å²) in [6, 6.07) is 0. The van der Waals surface area contributed by atoms with Crippen LogP contribution in [0.4, 0.5) is 0 Å². The van der Waals surface area contributed by atoms with Crippen molar-refractivity contribution in [3.05, 3.63) is 22.1 Å². The smallest absolute Gasteiger partial charge is 0.400 e. The molecule has 0 radical (unpaired) electrons. The second kappa shape index (κ2) is 6.97. The predicted octanol–water partition coefficient (Wildman–Crippen LogP) is 5.70. The molecule has 0 amide bonds. The third kappa shape index (κ3) is 3.29. The van der Waals surface area contributed by atoms with Crippen molar-refractivity contribution in [2.24, 2.45) is 11.8 Å². The van der Waals surface area contributed by atoms with Gasteiger partial charge in [0.05, 0.1) is 22.4 Å². The van der Waals surface area contributed by atoms with Crippen LogP contribution in [0.3, 0.4) is 0 Å². The number of fused-ring (bicyclic) bond motifs is 1. The van der Waals surface area contributed by atoms with E-state index in [1.165, 1.54) is 47.8 Å². The Hall–Kier alpha value is -0.550. The SMILES string of the molecule is CC(C)=C1C(B2OC(C)(C)C(C)(C)O2)=C(B2OC(C)(C)C(C)(C)O2)[C@H]2CCCC[C@@H]12. The van der Waals surface area contributed by atoms with Crippen molar-refractivity contribution in [3.63, 3.8) is 0 Å². The lowest BCUT2D eigenvalue weighted by molar-refractivity contribution is 0.00578. The van der Waals surface area contributed by atoms with E-state index in [4.69, 9.17) is 18.6 Å². The summed E-state index contributed by atoms with van der Waals surface area (Å²) >= 11 is 0. The molecule has 1 saturated carbocycles. The van der Waals surface area contributed by atoms with Crippen LogP contribution in [-0.2, 0) is 18.6 Å². The Balaban J connectivity index is 1.86. The van der Waals surface area contributed by atoms with Crippen LogP contribution in [0.25, 0.3) is 0 Å². The van der Waals surface area contributed by atoms with Crippen LogP contribution in [0.1, 0.15) is 94.9 Å². The molecule has 0 bridgehead atoms. The van der Waals surface area contributed by atoms with Gasteiger partial charge in [-0.15, -0.1) is 0 Å². The molecule has 0 aromatic heterocycles. The van der Waals surface area contributed by atoms with E-state index in [1.54, 1.807) is 0 Å². The molecule has 0 aromatic carbocycles. The molecule has 30 heavy (non-hydrogen) atoms. The summed E-state index contributed by atoms with van der Waals surface area (Å²) in [6.07, 6.45) is 4.95. The Kier molecular flexibility index (Phi) is 5.26. The molecular weight excluding hydrogens is 374 g/mol. The molecular formula is C24H40B2O4. The minimum Gasteiger partial charge on any atom is -0.400 e. The number of hydrogen-bond acceptors (Lipinski definition) is 4. The summed E-state index contributed by atoms with van der Waals surface area (Å²) < 4.78 is 26.4. The highest BCUT2D eigenvalue weighted by atomic mass is 16.7. The minimum atomic E-state index is -0.375. The topological polar surface area (TPSA) is 36.9 Å². The average molecular weight is 414 g/mol. The molecule has 4 aliphatic rings. The summed E-state index contributed by atoms with van der Waals surface area (Å²) in [4.78, 5) is 0. The van der Waals surface area contributed by atoms with E-state index in [0.717, 1.165) is 0 Å². The summed E-state index contributed by atoms with van der Waals surface area (Å²) in [7, 11) is -0.717. The van der Waals surface area contributed by atoms with E-state index in [9.17, 15) is 0 Å². The first-order chi connectivity index (χ1) is 13.7. The lowest BCUT2D eigenvalue weighted by Crippen LogP contribution is -2.41. The van der Waals surface area contributed by atoms with E-state index in [2.05, 4.69) is 69.2 Å². The van der Waals surface area contributed by atoms with Gasteiger partial charge in [-0.3, -0.25) is 0 Å². The molecule has 2 atom stereocenters. The first-order valence-electron chi connectivity index (χ1n) is 11.8. The number of rotatable bonds is 2. The zero-order chi connectivity index (χ0) is 22.3. The summed E-state index contributed by atoms with van der Waals surface area (Å²) in [5.41, 5.74) is 3.84. The van der Waals surface area contributed by atoms with E-state index >= 15 is 0 Å². The second-order valence-electron chi connectivity index (χ2n) is 12.0. The Bertz CT molecular complexity index is 757. The van der Waals surface area contributed by atoms with Crippen LogP contribution in [0.15, 0.2) is 22.1 Å². The molecule has 2 aliphatic carbocycles. The average Bonchev–Trinajstić information content (AvgIpc) is 3.12. The largest absolute Gasteiger partial charge is 0.494 e. The molecule has 3 fully saturated rings. The summed E-state index contributed by atoms with van der Waals surface area (Å²) in [5, 5.41) is 0. The van der Waals surface area contributed by atoms with Gasteiger partial charge in [0, 0.05) is 0 Å². The van der Waals surface area contributed by atoms with Gasteiger partial charge in [-0.2, -0.15) is 0 Å². The molecule has 2 saturated heterocycles. The van der Waals surface area contributed by atoms with Crippen molar-refractivity contribution in [2.75, 3.05) is 0 Å². The van der Waals surface area contributed by atoms with Crippen LogP contribution < -0.4 is 0 Å². The lowest BCUT2D eigenvalue weighted by atomic mass is 9.62. The van der Waals surface area contributed by atoms with E-state index < -0.39 is 0 Å². The fraction of sp³-hybridized carbons (Fsp3) is 0.833. The lowest BCUT2D eigenvalue weighted by Gasteiger charge is -2.32. The first kappa shape index (κ1) is 22.6. The van der Waals surface area contributed by atoms with Gasteiger partial charge < -0.3 is 18.6 Å². The van der Waals surface area contributed by atoms with Crippen molar-refractivity contribution in [3.8, 4) is 0 Å². The van der Waals surface area contributed by atoms with Gasteiger partial charge in [0.1, 0.15) is 0 Å². The molecule has 0 aromatic rings. The fourth-order valence-corrected chi connectivity index (χ4v) is 5.54. The molecule has 2 aliphatic heterocycles. The normalized spacial score (nSPS) is 34.0. The predicted molar refractivity (Wildman–Crippen MR) is 123 cm³/mol. The van der Waals surface area contributed by atoms with E-state index in [-0.39, 0.29) is 36.6 Å². The second-order valence-corrected chi connectivity index (χ2v) is 12.0. The maximum Gasteiger partial charge on any atom is 0.494 e. The van der Waals surface area contributed by atoms with Gasteiger partial charge in [0.25, 0.3) is 0 Å². The Morgan fingerprint density at radius 1 is 0.667 bits per heavy atom. The summed E-state index contributed by atoms with van der Waals surface area (Å²) in [5.74, 6) is 0.971. The maximum atomic E-state index is 6.61. The fourth-order valence-electron chi connectivity index (χ4n) is 5.54. The molecule has 4 nitrogen and oxygen atoms in total. The van der Waals surface area contributed by atoms with Crippen molar-refractivity contribution in [2.45, 2.75) is 117 Å². The van der Waals surface area contributed by atoms with Crippen LogP contribution >= 0.6 is 0 Å². The van der Waals surface area contributed by atoms with Gasteiger partial charge in [-0.05, 0) is 110 Å². The zero-order valence-corrected chi connectivity index (χ0v) is 20.8. The third-order valence-corrected chi connectivity index (χ3v) is 8.67. The Labute approximate surface area is 184 Å². The zero-order valence-electron chi connectivity index (χ0n) is 20.8. The number of allylic oxidation sites excluding steroid dienone is 4. The van der Waals surface area contributed by atoms with E-state index in [1.807, 2.05) is 0 Å². The van der Waals surface area contributed by atoms with Gasteiger partial charge in [0.15, 0.2) is 0 Å². The highest BCUT2D eigenvalue weighted by Crippen LogP contribution is 2.55. The molecule has 2 heterocycles. The van der Waals surface area contributed by atoms with Gasteiger partial charge >= 0.3 is 14.2 Å². The van der Waals surface area contributed by atoms with Crippen LogP contribution in [0.5, 0.6) is 0 Å². The van der Waals surface area contributed by atoms with Gasteiger partial charge in [0.2, 0.25) is 0 Å². The van der Waals surface area contributed by atoms with Crippen LogP contribution in [0, 0.1) is 11.8 Å². The van der Waals surface area contributed by atoms with Crippen molar-refractivity contribution < 1.29 is 18.6 Å². The van der Waals surface area contributed by atoms with Crippen molar-refractivity contribution >= 4 is 14.2 Å². The van der Waals surface area contributed by atoms with Crippen LogP contribution in [-0.4, -0.2) is 36.6 Å². The summed E-state index contributed by atoms with van der Waals surface area (Å²) in [6.45, 7) is 21.5. The Morgan fingerprint density at radius 3 is 1.50 bits per heavy atom.